The van der Waals surface area contributed by atoms with Crippen molar-refractivity contribution in [2.24, 2.45) is 4.99 Å². The van der Waals surface area contributed by atoms with E-state index in [4.69, 9.17) is 4.99 Å². The average Bonchev–Trinajstić information content (AvgIpc) is 2.62. The number of anilines is 1. The summed E-state index contributed by atoms with van der Waals surface area (Å²) < 4.78 is 0. The van der Waals surface area contributed by atoms with Gasteiger partial charge in [-0.2, -0.15) is 0 Å². The summed E-state index contributed by atoms with van der Waals surface area (Å²) in [6.07, 6.45) is 0.883. The van der Waals surface area contributed by atoms with Gasteiger partial charge in [-0.05, 0) is 56.0 Å². The predicted octanol–water partition coefficient (Wildman–Crippen LogP) is 3.56. The number of hydrogen-bond donors (Lipinski definition) is 3. The molecule has 2 aromatic carbocycles. The zero-order chi connectivity index (χ0) is 19.6. The molecular formula is C22H30N4O. The number of rotatable bonds is 7. The van der Waals surface area contributed by atoms with Gasteiger partial charge < -0.3 is 16.0 Å². The number of nitrogens with zero attached hydrogens (tertiary/aromatic N) is 1. The Kier molecular flexibility index (Phi) is 7.86. The molecule has 0 saturated carbocycles. The smallest absolute Gasteiger partial charge is 0.221 e. The van der Waals surface area contributed by atoms with Gasteiger partial charge in [0.15, 0.2) is 5.96 Å². The number of hydrogen-bond acceptors (Lipinski definition) is 2. The first-order valence-corrected chi connectivity index (χ1v) is 9.42. The minimum Gasteiger partial charge on any atom is -0.357 e. The third-order valence-corrected chi connectivity index (χ3v) is 4.23. The van der Waals surface area contributed by atoms with Crippen LogP contribution < -0.4 is 16.0 Å². The maximum absolute atomic E-state index is 11.1. The van der Waals surface area contributed by atoms with Gasteiger partial charge in [-0.25, -0.2) is 4.99 Å². The van der Waals surface area contributed by atoms with Gasteiger partial charge in [-0.15, -0.1) is 0 Å². The first kappa shape index (κ1) is 20.5. The van der Waals surface area contributed by atoms with Crippen LogP contribution in [0.2, 0.25) is 0 Å². The molecule has 0 radical (unpaired) electrons. The molecule has 0 aliphatic heterocycles. The van der Waals surface area contributed by atoms with Crippen molar-refractivity contribution in [3.63, 3.8) is 0 Å². The van der Waals surface area contributed by atoms with Crippen molar-refractivity contribution in [3.05, 3.63) is 64.7 Å². The SMILES string of the molecule is CCNC(=NCc1ccc(C)cc1C)NCCc1ccc(NC(C)=O)cc1. The van der Waals surface area contributed by atoms with E-state index in [1.165, 1.54) is 29.2 Å². The van der Waals surface area contributed by atoms with Crippen LogP contribution in [-0.2, 0) is 17.8 Å². The predicted molar refractivity (Wildman–Crippen MR) is 113 cm³/mol. The highest BCUT2D eigenvalue weighted by molar-refractivity contribution is 5.88. The Hall–Kier alpha value is -2.82. The van der Waals surface area contributed by atoms with Gasteiger partial charge in [0, 0.05) is 25.7 Å². The van der Waals surface area contributed by atoms with E-state index in [2.05, 4.69) is 54.9 Å². The molecular weight excluding hydrogens is 336 g/mol. The van der Waals surface area contributed by atoms with Gasteiger partial charge in [0.2, 0.25) is 5.91 Å². The maximum atomic E-state index is 11.1. The number of aryl methyl sites for hydroxylation is 2. The molecule has 0 aliphatic carbocycles. The van der Waals surface area contributed by atoms with Gasteiger partial charge in [0.25, 0.3) is 0 Å². The van der Waals surface area contributed by atoms with E-state index < -0.39 is 0 Å². The lowest BCUT2D eigenvalue weighted by atomic mass is 10.1. The Morgan fingerprint density at radius 1 is 1.04 bits per heavy atom. The summed E-state index contributed by atoms with van der Waals surface area (Å²) in [4.78, 5) is 15.8. The van der Waals surface area contributed by atoms with E-state index in [0.717, 1.165) is 31.2 Å². The fourth-order valence-corrected chi connectivity index (χ4v) is 2.81. The van der Waals surface area contributed by atoms with Gasteiger partial charge in [-0.3, -0.25) is 4.79 Å². The van der Waals surface area contributed by atoms with E-state index in [1.807, 2.05) is 24.3 Å². The lowest BCUT2D eigenvalue weighted by Crippen LogP contribution is -2.38. The third kappa shape index (κ3) is 7.13. The number of guanidine groups is 1. The summed E-state index contributed by atoms with van der Waals surface area (Å²) in [7, 11) is 0. The van der Waals surface area contributed by atoms with Gasteiger partial charge in [-0.1, -0.05) is 35.9 Å². The summed E-state index contributed by atoms with van der Waals surface area (Å²) >= 11 is 0. The fraction of sp³-hybridized carbons (Fsp3) is 0.364. The van der Waals surface area contributed by atoms with Crippen LogP contribution in [0.1, 0.15) is 36.1 Å². The second-order valence-electron chi connectivity index (χ2n) is 6.68. The van der Waals surface area contributed by atoms with Crippen LogP contribution in [0, 0.1) is 13.8 Å². The first-order valence-electron chi connectivity index (χ1n) is 9.42. The van der Waals surface area contributed by atoms with Gasteiger partial charge >= 0.3 is 0 Å². The molecule has 5 nitrogen and oxygen atoms in total. The van der Waals surface area contributed by atoms with Crippen molar-refractivity contribution in [3.8, 4) is 0 Å². The number of carbonyl (C=O) groups is 1. The molecule has 144 valence electrons. The molecule has 2 rings (SSSR count). The number of carbonyl (C=O) groups excluding carboxylic acids is 1. The van der Waals surface area contributed by atoms with Crippen LogP contribution in [-0.4, -0.2) is 25.0 Å². The van der Waals surface area contributed by atoms with E-state index in [-0.39, 0.29) is 5.91 Å². The summed E-state index contributed by atoms with van der Waals surface area (Å²) in [6.45, 7) is 10.1. The molecule has 0 fully saturated rings. The minimum atomic E-state index is -0.0558. The summed E-state index contributed by atoms with van der Waals surface area (Å²) in [5, 5.41) is 9.46. The van der Waals surface area contributed by atoms with Crippen LogP contribution in [0.25, 0.3) is 0 Å². The summed E-state index contributed by atoms with van der Waals surface area (Å²) in [5.74, 6) is 0.770. The average molecular weight is 367 g/mol. The fourth-order valence-electron chi connectivity index (χ4n) is 2.81. The zero-order valence-electron chi connectivity index (χ0n) is 16.7. The summed E-state index contributed by atoms with van der Waals surface area (Å²) in [5.41, 5.74) is 5.82. The van der Waals surface area contributed by atoms with Crippen LogP contribution >= 0.6 is 0 Å². The third-order valence-electron chi connectivity index (χ3n) is 4.23. The Balaban J connectivity index is 1.89. The molecule has 2 aromatic rings. The number of benzene rings is 2. The monoisotopic (exact) mass is 366 g/mol. The van der Waals surface area contributed by atoms with E-state index >= 15 is 0 Å². The highest BCUT2D eigenvalue weighted by Crippen LogP contribution is 2.12. The largest absolute Gasteiger partial charge is 0.357 e. The normalized spacial score (nSPS) is 11.2. The topological polar surface area (TPSA) is 65.5 Å². The highest BCUT2D eigenvalue weighted by Gasteiger charge is 2.01. The van der Waals surface area contributed by atoms with E-state index in [0.29, 0.717) is 6.54 Å². The quantitative estimate of drug-likeness (QED) is 0.518. The standard InChI is InChI=1S/C22H30N4O/c1-5-23-22(25-15-20-9-6-16(2)14-17(20)3)24-13-12-19-7-10-21(11-8-19)26-18(4)27/h6-11,14H,5,12-13,15H2,1-4H3,(H,26,27)(H2,23,24,25). The molecule has 0 aromatic heterocycles. The first-order chi connectivity index (χ1) is 13.0. The van der Waals surface area contributed by atoms with Crippen LogP contribution in [0.5, 0.6) is 0 Å². The molecule has 27 heavy (non-hydrogen) atoms. The second-order valence-corrected chi connectivity index (χ2v) is 6.68. The van der Waals surface area contributed by atoms with Crippen molar-refractivity contribution < 1.29 is 4.79 Å². The van der Waals surface area contributed by atoms with Gasteiger partial charge in [0.05, 0.1) is 6.54 Å². The van der Waals surface area contributed by atoms with Crippen molar-refractivity contribution in [1.82, 2.24) is 10.6 Å². The van der Waals surface area contributed by atoms with Crippen molar-refractivity contribution in [2.45, 2.75) is 40.7 Å². The zero-order valence-corrected chi connectivity index (χ0v) is 16.7. The van der Waals surface area contributed by atoms with Crippen molar-refractivity contribution >= 4 is 17.6 Å². The summed E-state index contributed by atoms with van der Waals surface area (Å²) in [6, 6.07) is 14.4. The minimum absolute atomic E-state index is 0.0558. The Morgan fingerprint density at radius 2 is 1.78 bits per heavy atom. The molecule has 0 aliphatic rings. The molecule has 0 heterocycles. The highest BCUT2D eigenvalue weighted by atomic mass is 16.1. The lowest BCUT2D eigenvalue weighted by Gasteiger charge is -2.12. The molecule has 0 spiro atoms. The molecule has 0 unspecified atom stereocenters. The van der Waals surface area contributed by atoms with Crippen LogP contribution in [0.3, 0.4) is 0 Å². The van der Waals surface area contributed by atoms with Gasteiger partial charge in [0.1, 0.15) is 0 Å². The van der Waals surface area contributed by atoms with E-state index in [9.17, 15) is 4.79 Å². The molecule has 0 saturated heterocycles. The van der Waals surface area contributed by atoms with Crippen LogP contribution in [0.4, 0.5) is 5.69 Å². The molecule has 0 bridgehead atoms. The van der Waals surface area contributed by atoms with Crippen molar-refractivity contribution in [1.29, 1.82) is 0 Å². The Labute approximate surface area is 162 Å². The number of amides is 1. The maximum Gasteiger partial charge on any atom is 0.221 e. The molecule has 0 atom stereocenters. The Bertz CT molecular complexity index is 781. The number of nitrogens with one attached hydrogen (secondary N) is 3. The van der Waals surface area contributed by atoms with Crippen LogP contribution in [0.15, 0.2) is 47.5 Å². The Morgan fingerprint density at radius 3 is 2.41 bits per heavy atom. The number of aliphatic imine (C=N–C) groups is 1. The molecule has 3 N–H and O–H groups in total. The van der Waals surface area contributed by atoms with E-state index in [1.54, 1.807) is 0 Å². The molecule has 1 amide bonds. The second kappa shape index (κ2) is 10.4. The molecule has 5 heteroatoms. The van der Waals surface area contributed by atoms with Crippen molar-refractivity contribution in [2.75, 3.05) is 18.4 Å². The lowest BCUT2D eigenvalue weighted by molar-refractivity contribution is -0.114.